The van der Waals surface area contributed by atoms with Crippen LogP contribution in [0.2, 0.25) is 5.02 Å². The van der Waals surface area contributed by atoms with Gasteiger partial charge in [-0.15, -0.1) is 0 Å². The highest BCUT2D eigenvalue weighted by atomic mass is 35.5. The van der Waals surface area contributed by atoms with E-state index in [1.165, 1.54) is 6.07 Å². The lowest BCUT2D eigenvalue weighted by Gasteiger charge is -2.34. The number of hydrogen-bond donors (Lipinski definition) is 1. The predicted molar refractivity (Wildman–Crippen MR) is 81.3 cm³/mol. The van der Waals surface area contributed by atoms with Gasteiger partial charge in [-0.2, -0.15) is 0 Å². The number of hydrogen-bond acceptors (Lipinski definition) is 4. The van der Waals surface area contributed by atoms with Crippen molar-refractivity contribution in [2.75, 3.05) is 17.1 Å². The van der Waals surface area contributed by atoms with Crippen molar-refractivity contribution in [1.82, 2.24) is 5.32 Å². The summed E-state index contributed by atoms with van der Waals surface area (Å²) in [5.74, 6) is -0.0285. The topological polar surface area (TPSA) is 75.7 Å². The number of nitrogens with zero attached hydrogens (tertiary/aromatic N) is 1. The molecule has 116 valence electrons. The van der Waals surface area contributed by atoms with Crippen molar-refractivity contribution in [3.8, 4) is 5.75 Å². The first-order valence-corrected chi connectivity index (χ1v) is 8.65. The second kappa shape index (κ2) is 5.73. The fraction of sp³-hybridized carbons (Fsp3) is 0.462. The van der Waals surface area contributed by atoms with Crippen LogP contribution in [0.25, 0.3) is 0 Å². The molecule has 1 aliphatic rings. The van der Waals surface area contributed by atoms with Gasteiger partial charge in [-0.1, -0.05) is 11.6 Å². The molecule has 1 aromatic rings. The largest absolute Gasteiger partial charge is 0.476 e. The Bertz CT molecular complexity index is 660. The molecular formula is C13H17ClN2O4S. The van der Waals surface area contributed by atoms with Gasteiger partial charge in [-0.25, -0.2) is 8.42 Å². The van der Waals surface area contributed by atoms with Crippen molar-refractivity contribution in [1.29, 1.82) is 0 Å². The van der Waals surface area contributed by atoms with E-state index in [0.717, 1.165) is 10.6 Å². The number of nitrogens with one attached hydrogen (secondary N) is 1. The summed E-state index contributed by atoms with van der Waals surface area (Å²) in [6.07, 6.45) is 0.191. The van der Waals surface area contributed by atoms with Crippen LogP contribution in [0.3, 0.4) is 0 Å². The molecule has 0 fully saturated rings. The van der Waals surface area contributed by atoms with Gasteiger partial charge in [0.05, 0.1) is 18.5 Å². The summed E-state index contributed by atoms with van der Waals surface area (Å²) in [4.78, 5) is 12.1. The van der Waals surface area contributed by atoms with Gasteiger partial charge >= 0.3 is 0 Å². The second-order valence-corrected chi connectivity index (χ2v) is 7.52. The van der Waals surface area contributed by atoms with Gasteiger partial charge in [-0.3, -0.25) is 9.10 Å². The molecular weight excluding hydrogens is 316 g/mol. The maximum absolute atomic E-state index is 12.1. The van der Waals surface area contributed by atoms with Crippen LogP contribution in [0.15, 0.2) is 18.2 Å². The van der Waals surface area contributed by atoms with Gasteiger partial charge in [0.2, 0.25) is 10.0 Å². The van der Waals surface area contributed by atoms with Crippen molar-refractivity contribution in [2.45, 2.75) is 26.0 Å². The van der Waals surface area contributed by atoms with E-state index in [-0.39, 0.29) is 18.5 Å². The van der Waals surface area contributed by atoms with Gasteiger partial charge in [0.15, 0.2) is 6.10 Å². The summed E-state index contributed by atoms with van der Waals surface area (Å²) < 4.78 is 30.6. The molecule has 0 aliphatic carbocycles. The molecule has 0 aromatic heterocycles. The average molecular weight is 333 g/mol. The highest BCUT2D eigenvalue weighted by molar-refractivity contribution is 7.92. The van der Waals surface area contributed by atoms with E-state index in [1.807, 2.05) is 13.8 Å². The SMILES string of the molecule is CC(C)NC(=O)[C@H]1CN(S(C)(=O)=O)c2cc(Cl)ccc2O1. The number of anilines is 1. The Labute approximate surface area is 129 Å². The number of amides is 1. The van der Waals surface area contributed by atoms with Crippen LogP contribution < -0.4 is 14.4 Å². The van der Waals surface area contributed by atoms with Crippen LogP contribution in [0.5, 0.6) is 5.75 Å². The molecule has 1 atom stereocenters. The standard InChI is InChI=1S/C13H17ClN2O4S/c1-8(2)15-13(17)12-7-16(21(3,18)19)10-6-9(14)4-5-11(10)20-12/h4-6,8,12H,7H2,1-3H3,(H,15,17)/t12-/m1/s1. The van der Waals surface area contributed by atoms with E-state index < -0.39 is 16.1 Å². The summed E-state index contributed by atoms with van der Waals surface area (Å²) in [5.41, 5.74) is 0.346. The van der Waals surface area contributed by atoms with E-state index in [9.17, 15) is 13.2 Å². The molecule has 8 heteroatoms. The molecule has 0 unspecified atom stereocenters. The fourth-order valence-corrected chi connectivity index (χ4v) is 3.13. The molecule has 1 N–H and O–H groups in total. The van der Waals surface area contributed by atoms with Gasteiger partial charge in [-0.05, 0) is 32.0 Å². The minimum absolute atomic E-state index is 0.0561. The van der Waals surface area contributed by atoms with Crippen LogP contribution in [0, 0.1) is 0 Å². The first kappa shape index (κ1) is 15.9. The quantitative estimate of drug-likeness (QED) is 0.907. The summed E-state index contributed by atoms with van der Waals surface area (Å²) in [6.45, 7) is 3.57. The fourth-order valence-electron chi connectivity index (χ4n) is 2.05. The van der Waals surface area contributed by atoms with E-state index in [2.05, 4.69) is 5.32 Å². The highest BCUT2D eigenvalue weighted by Gasteiger charge is 2.35. The Morgan fingerprint density at radius 2 is 2.14 bits per heavy atom. The Morgan fingerprint density at radius 1 is 1.48 bits per heavy atom. The Hall–Kier alpha value is -1.47. The van der Waals surface area contributed by atoms with Crippen LogP contribution in [-0.4, -0.2) is 39.3 Å². The van der Waals surface area contributed by atoms with Gasteiger partial charge in [0.1, 0.15) is 5.75 Å². The molecule has 1 amide bonds. The third-order valence-corrected chi connectivity index (χ3v) is 4.30. The Kier molecular flexibility index (Phi) is 4.34. The third kappa shape index (κ3) is 3.59. The van der Waals surface area contributed by atoms with Gasteiger partial charge < -0.3 is 10.1 Å². The zero-order valence-corrected chi connectivity index (χ0v) is 13.5. The highest BCUT2D eigenvalue weighted by Crippen LogP contribution is 2.37. The minimum atomic E-state index is -3.54. The second-order valence-electron chi connectivity index (χ2n) is 5.18. The summed E-state index contributed by atoms with van der Waals surface area (Å²) >= 11 is 5.90. The van der Waals surface area contributed by atoms with E-state index >= 15 is 0 Å². The third-order valence-electron chi connectivity index (χ3n) is 2.91. The van der Waals surface area contributed by atoms with Gasteiger partial charge in [0.25, 0.3) is 5.91 Å². The zero-order valence-electron chi connectivity index (χ0n) is 12.0. The Balaban J connectivity index is 2.39. The van der Waals surface area contributed by atoms with Crippen molar-refractivity contribution >= 4 is 33.2 Å². The number of rotatable bonds is 3. The smallest absolute Gasteiger partial charge is 0.263 e. The van der Waals surface area contributed by atoms with Crippen molar-refractivity contribution in [3.05, 3.63) is 23.2 Å². The monoisotopic (exact) mass is 332 g/mol. The van der Waals surface area contributed by atoms with Crippen molar-refractivity contribution in [2.24, 2.45) is 0 Å². The molecule has 1 aromatic carbocycles. The number of sulfonamides is 1. The average Bonchev–Trinajstić information content (AvgIpc) is 2.35. The normalized spacial score (nSPS) is 18.1. The number of benzene rings is 1. The van der Waals surface area contributed by atoms with Crippen LogP contribution in [0.1, 0.15) is 13.8 Å². The van der Waals surface area contributed by atoms with Crippen molar-refractivity contribution in [3.63, 3.8) is 0 Å². The molecule has 0 radical (unpaired) electrons. The molecule has 1 aliphatic heterocycles. The molecule has 6 nitrogen and oxygen atoms in total. The minimum Gasteiger partial charge on any atom is -0.476 e. The zero-order chi connectivity index (χ0) is 15.8. The number of halogens is 1. The number of carbonyl (C=O) groups excluding carboxylic acids is 1. The molecule has 21 heavy (non-hydrogen) atoms. The lowest BCUT2D eigenvalue weighted by atomic mass is 10.2. The van der Waals surface area contributed by atoms with E-state index in [4.69, 9.17) is 16.3 Å². The maximum atomic E-state index is 12.1. The van der Waals surface area contributed by atoms with Crippen molar-refractivity contribution < 1.29 is 17.9 Å². The first-order chi connectivity index (χ1) is 9.68. The molecule has 0 saturated carbocycles. The summed E-state index contributed by atoms with van der Waals surface area (Å²) in [7, 11) is -3.54. The molecule has 0 bridgehead atoms. The van der Waals surface area contributed by atoms with Gasteiger partial charge in [0, 0.05) is 11.1 Å². The summed E-state index contributed by atoms with van der Waals surface area (Å²) in [5, 5.41) is 3.11. The molecule has 0 saturated heterocycles. The molecule has 2 rings (SSSR count). The first-order valence-electron chi connectivity index (χ1n) is 6.43. The number of carbonyl (C=O) groups is 1. The molecule has 1 heterocycles. The van der Waals surface area contributed by atoms with Crippen LogP contribution >= 0.6 is 11.6 Å². The lowest BCUT2D eigenvalue weighted by molar-refractivity contribution is -0.128. The number of fused-ring (bicyclic) bond motifs is 1. The molecule has 0 spiro atoms. The Morgan fingerprint density at radius 3 is 2.71 bits per heavy atom. The lowest BCUT2D eigenvalue weighted by Crippen LogP contribution is -2.51. The summed E-state index contributed by atoms with van der Waals surface area (Å²) in [6, 6.07) is 4.60. The van der Waals surface area contributed by atoms with E-state index in [0.29, 0.717) is 16.5 Å². The number of ether oxygens (including phenoxy) is 1. The maximum Gasteiger partial charge on any atom is 0.263 e. The van der Waals surface area contributed by atoms with Crippen LogP contribution in [-0.2, 0) is 14.8 Å². The predicted octanol–water partition coefficient (Wildman–Crippen LogP) is 1.39. The van der Waals surface area contributed by atoms with E-state index in [1.54, 1.807) is 12.1 Å². The van der Waals surface area contributed by atoms with Crippen LogP contribution in [0.4, 0.5) is 5.69 Å².